The van der Waals surface area contributed by atoms with Crippen molar-refractivity contribution >= 4 is 29.0 Å². The summed E-state index contributed by atoms with van der Waals surface area (Å²) in [5, 5.41) is 0.546. The number of amides is 1. The van der Waals surface area contributed by atoms with Crippen LogP contribution in [0.2, 0.25) is 0 Å². The van der Waals surface area contributed by atoms with Crippen molar-refractivity contribution in [1.82, 2.24) is 19.4 Å². The van der Waals surface area contributed by atoms with Gasteiger partial charge >= 0.3 is 0 Å². The third-order valence-corrected chi connectivity index (χ3v) is 5.78. The van der Waals surface area contributed by atoms with Crippen molar-refractivity contribution in [3.63, 3.8) is 0 Å². The van der Waals surface area contributed by atoms with Gasteiger partial charge in [-0.3, -0.25) is 19.1 Å². The lowest BCUT2D eigenvalue weighted by Gasteiger charge is -2.34. The van der Waals surface area contributed by atoms with Gasteiger partial charge in [0.25, 0.3) is 11.5 Å². The molecule has 0 saturated carbocycles. The molecule has 6 nitrogen and oxygen atoms in total. The highest BCUT2D eigenvalue weighted by atomic mass is 32.1. The number of benzene rings is 2. The molecule has 0 aliphatic carbocycles. The maximum Gasteiger partial charge on any atom is 0.262 e. The molecular weight excluding hydrogens is 384 g/mol. The minimum absolute atomic E-state index is 0.00903. The van der Waals surface area contributed by atoms with Gasteiger partial charge in [-0.25, -0.2) is 0 Å². The molecule has 1 aliphatic heterocycles. The molecule has 0 atom stereocenters. The number of carbonyl (C=O) groups is 1. The van der Waals surface area contributed by atoms with Crippen LogP contribution in [-0.2, 0) is 13.1 Å². The number of aromatic nitrogens is 2. The van der Waals surface area contributed by atoms with Gasteiger partial charge in [-0.2, -0.15) is 0 Å². The van der Waals surface area contributed by atoms with E-state index in [0.29, 0.717) is 40.9 Å². The van der Waals surface area contributed by atoms with Gasteiger partial charge in [0.05, 0.1) is 10.9 Å². The molecule has 0 unspecified atom stereocenters. The fraction of sp³-hybridized carbons (Fsp3) is 0.318. The van der Waals surface area contributed by atoms with E-state index in [1.807, 2.05) is 17.9 Å². The molecule has 1 fully saturated rings. The third kappa shape index (κ3) is 4.02. The zero-order valence-electron chi connectivity index (χ0n) is 16.4. The summed E-state index contributed by atoms with van der Waals surface area (Å²) in [4.78, 5) is 32.8. The van der Waals surface area contributed by atoms with Gasteiger partial charge in [-0.05, 0) is 42.9 Å². The molecule has 0 spiro atoms. The molecule has 0 radical (unpaired) electrons. The molecule has 150 valence electrons. The molecule has 3 aromatic rings. The zero-order chi connectivity index (χ0) is 20.4. The first kappa shape index (κ1) is 19.5. The highest BCUT2D eigenvalue weighted by Crippen LogP contribution is 2.15. The van der Waals surface area contributed by atoms with Gasteiger partial charge in [0.2, 0.25) is 0 Å². The van der Waals surface area contributed by atoms with E-state index in [1.165, 1.54) is 10.1 Å². The molecule has 1 aliphatic rings. The lowest BCUT2D eigenvalue weighted by Crippen LogP contribution is -2.48. The zero-order valence-corrected chi connectivity index (χ0v) is 17.2. The van der Waals surface area contributed by atoms with Gasteiger partial charge in [-0.15, -0.1) is 0 Å². The SMILES string of the molecule is CCn1c(=S)[nH]c2cc(C(=O)N3CCN(Cc4ccccc4)CC3)ccc2c1=O. The number of nitrogens with one attached hydrogen (secondary N) is 1. The summed E-state index contributed by atoms with van der Waals surface area (Å²) in [5.41, 5.74) is 2.35. The predicted molar refractivity (Wildman–Crippen MR) is 117 cm³/mol. The maximum atomic E-state index is 13.0. The Balaban J connectivity index is 1.48. The smallest absolute Gasteiger partial charge is 0.262 e. The van der Waals surface area contributed by atoms with Crippen LogP contribution in [0.5, 0.6) is 0 Å². The van der Waals surface area contributed by atoms with Gasteiger partial charge in [0.1, 0.15) is 0 Å². The quantitative estimate of drug-likeness (QED) is 0.674. The van der Waals surface area contributed by atoms with Crippen molar-refractivity contribution in [3.05, 3.63) is 74.8 Å². The first-order valence-corrected chi connectivity index (χ1v) is 10.3. The Morgan fingerprint density at radius 2 is 1.79 bits per heavy atom. The normalized spacial score (nSPS) is 15.0. The molecular formula is C22H24N4O2S. The second-order valence-corrected chi connectivity index (χ2v) is 7.68. The van der Waals surface area contributed by atoms with Crippen LogP contribution < -0.4 is 5.56 Å². The molecule has 1 saturated heterocycles. The fourth-order valence-electron chi connectivity index (χ4n) is 3.81. The van der Waals surface area contributed by atoms with E-state index < -0.39 is 0 Å². The van der Waals surface area contributed by atoms with Crippen LogP contribution in [0.15, 0.2) is 53.3 Å². The van der Waals surface area contributed by atoms with Crippen molar-refractivity contribution in [2.24, 2.45) is 0 Å². The van der Waals surface area contributed by atoms with Crippen LogP contribution in [0.25, 0.3) is 10.9 Å². The molecule has 4 rings (SSSR count). The van der Waals surface area contributed by atoms with Crippen molar-refractivity contribution in [3.8, 4) is 0 Å². The summed E-state index contributed by atoms with van der Waals surface area (Å²) in [6, 6.07) is 15.6. The number of carbonyl (C=O) groups excluding carboxylic acids is 1. The highest BCUT2D eigenvalue weighted by molar-refractivity contribution is 7.71. The largest absolute Gasteiger partial charge is 0.336 e. The first-order chi connectivity index (χ1) is 14.1. The van der Waals surface area contributed by atoms with Gasteiger partial charge in [0, 0.05) is 44.8 Å². The minimum Gasteiger partial charge on any atom is -0.336 e. The van der Waals surface area contributed by atoms with E-state index >= 15 is 0 Å². The number of nitrogens with zero attached hydrogens (tertiary/aromatic N) is 3. The Morgan fingerprint density at radius 1 is 1.07 bits per heavy atom. The second kappa shape index (κ2) is 8.31. The van der Waals surface area contributed by atoms with E-state index in [4.69, 9.17) is 12.2 Å². The number of rotatable bonds is 4. The molecule has 1 amide bonds. The minimum atomic E-state index is -0.125. The number of hydrogen-bond acceptors (Lipinski definition) is 4. The standard InChI is InChI=1S/C22H24N4O2S/c1-2-26-21(28)18-9-8-17(14-19(18)23-22(26)29)20(27)25-12-10-24(11-13-25)15-16-6-4-3-5-7-16/h3-9,14H,2,10-13,15H2,1H3,(H,23,29). The van der Waals surface area contributed by atoms with E-state index in [0.717, 1.165) is 19.6 Å². The van der Waals surface area contributed by atoms with Gasteiger partial charge in [0.15, 0.2) is 4.77 Å². The first-order valence-electron chi connectivity index (χ1n) is 9.89. The summed E-state index contributed by atoms with van der Waals surface area (Å²) in [6.45, 7) is 6.37. The van der Waals surface area contributed by atoms with Crippen molar-refractivity contribution in [2.75, 3.05) is 26.2 Å². The van der Waals surface area contributed by atoms with Crippen LogP contribution in [0.1, 0.15) is 22.8 Å². The van der Waals surface area contributed by atoms with E-state index in [1.54, 1.807) is 18.2 Å². The Kier molecular flexibility index (Phi) is 5.60. The molecule has 2 heterocycles. The number of aromatic amines is 1. The van der Waals surface area contributed by atoms with E-state index in [9.17, 15) is 9.59 Å². The van der Waals surface area contributed by atoms with Crippen LogP contribution in [0.3, 0.4) is 0 Å². The summed E-state index contributed by atoms with van der Waals surface area (Å²) in [6.07, 6.45) is 0. The molecule has 7 heteroatoms. The Labute approximate surface area is 174 Å². The van der Waals surface area contributed by atoms with Crippen LogP contribution >= 0.6 is 12.2 Å². The van der Waals surface area contributed by atoms with Crippen molar-refractivity contribution in [1.29, 1.82) is 0 Å². The van der Waals surface area contributed by atoms with Crippen LogP contribution in [-0.4, -0.2) is 51.4 Å². The van der Waals surface area contributed by atoms with Crippen molar-refractivity contribution < 1.29 is 4.79 Å². The third-order valence-electron chi connectivity index (χ3n) is 5.45. The topological polar surface area (TPSA) is 61.3 Å². The predicted octanol–water partition coefficient (Wildman–Crippen LogP) is 3.04. The Hall–Kier alpha value is -2.77. The second-order valence-electron chi connectivity index (χ2n) is 7.29. The average molecular weight is 409 g/mol. The summed E-state index contributed by atoms with van der Waals surface area (Å²) in [5.74, 6) is -0.00903. The van der Waals surface area contributed by atoms with Crippen molar-refractivity contribution in [2.45, 2.75) is 20.0 Å². The van der Waals surface area contributed by atoms with E-state index in [-0.39, 0.29) is 11.5 Å². The van der Waals surface area contributed by atoms with E-state index in [2.05, 4.69) is 34.1 Å². The highest BCUT2D eigenvalue weighted by Gasteiger charge is 2.22. The molecule has 2 aromatic carbocycles. The molecule has 0 bridgehead atoms. The van der Waals surface area contributed by atoms with Gasteiger partial charge in [-0.1, -0.05) is 30.3 Å². The maximum absolute atomic E-state index is 13.0. The number of H-pyrrole nitrogens is 1. The number of hydrogen-bond donors (Lipinski definition) is 1. The fourth-order valence-corrected chi connectivity index (χ4v) is 4.13. The Morgan fingerprint density at radius 3 is 2.48 bits per heavy atom. The lowest BCUT2D eigenvalue weighted by molar-refractivity contribution is 0.0628. The molecule has 29 heavy (non-hydrogen) atoms. The summed E-state index contributed by atoms with van der Waals surface area (Å²) in [7, 11) is 0. The number of piperazine rings is 1. The average Bonchev–Trinajstić information content (AvgIpc) is 2.74. The lowest BCUT2D eigenvalue weighted by atomic mass is 10.1. The monoisotopic (exact) mass is 408 g/mol. The summed E-state index contributed by atoms with van der Waals surface area (Å²) < 4.78 is 1.90. The Bertz CT molecular complexity index is 1140. The van der Waals surface area contributed by atoms with Crippen LogP contribution in [0.4, 0.5) is 0 Å². The molecule has 1 aromatic heterocycles. The summed E-state index contributed by atoms with van der Waals surface area (Å²) >= 11 is 5.27. The number of fused-ring (bicyclic) bond motifs is 1. The van der Waals surface area contributed by atoms with Crippen LogP contribution in [0, 0.1) is 4.77 Å². The molecule has 1 N–H and O–H groups in total. The van der Waals surface area contributed by atoms with Gasteiger partial charge < -0.3 is 9.88 Å².